The molecular formula is C16H21N3O2. The number of amides is 1. The molecule has 5 heteroatoms. The lowest BCUT2D eigenvalue weighted by atomic mass is 9.79. The first-order valence-electron chi connectivity index (χ1n) is 7.50. The minimum absolute atomic E-state index is 0.178. The molecule has 0 aromatic carbocycles. The number of aliphatic hydroxyl groups is 1. The highest BCUT2D eigenvalue weighted by Crippen LogP contribution is 2.31. The lowest BCUT2D eigenvalue weighted by Gasteiger charge is -2.34. The molecule has 0 aliphatic heterocycles. The number of carbonyl (C=O) groups excluding carboxylic acids is 1. The van der Waals surface area contributed by atoms with E-state index in [0.717, 1.165) is 31.2 Å². The quantitative estimate of drug-likeness (QED) is 0.907. The fourth-order valence-electron chi connectivity index (χ4n) is 2.93. The summed E-state index contributed by atoms with van der Waals surface area (Å²) in [6, 6.07) is 5.61. The van der Waals surface area contributed by atoms with Gasteiger partial charge in [-0.3, -0.25) is 4.79 Å². The molecule has 21 heavy (non-hydrogen) atoms. The molecule has 0 unspecified atom stereocenters. The number of nitrogens with one attached hydrogen (secondary N) is 1. The number of carbonyl (C=O) groups is 1. The Kier molecular flexibility index (Phi) is 3.68. The molecule has 2 aromatic heterocycles. The average molecular weight is 287 g/mol. The Bertz CT molecular complexity index is 642. The van der Waals surface area contributed by atoms with Crippen LogP contribution in [0.25, 0.3) is 5.52 Å². The van der Waals surface area contributed by atoms with E-state index in [1.54, 1.807) is 10.7 Å². The highest BCUT2D eigenvalue weighted by molar-refractivity contribution is 6.00. The van der Waals surface area contributed by atoms with Crippen molar-refractivity contribution >= 4 is 11.4 Å². The normalized spacial score (nSPS) is 25.9. The third kappa shape index (κ3) is 2.93. The predicted octanol–water partition coefficient (Wildman–Crippen LogP) is 2.01. The Morgan fingerprint density at radius 1 is 1.48 bits per heavy atom. The molecule has 0 saturated heterocycles. The monoisotopic (exact) mass is 287 g/mol. The molecule has 1 aliphatic carbocycles. The van der Waals surface area contributed by atoms with Crippen molar-refractivity contribution in [2.45, 2.75) is 38.2 Å². The maximum absolute atomic E-state index is 12.3. The van der Waals surface area contributed by atoms with Crippen molar-refractivity contribution in [3.8, 4) is 0 Å². The van der Waals surface area contributed by atoms with Gasteiger partial charge in [-0.05, 0) is 43.7 Å². The molecule has 1 amide bonds. The van der Waals surface area contributed by atoms with Gasteiger partial charge >= 0.3 is 0 Å². The zero-order valence-electron chi connectivity index (χ0n) is 12.2. The van der Waals surface area contributed by atoms with Crippen molar-refractivity contribution in [2.24, 2.45) is 5.92 Å². The van der Waals surface area contributed by atoms with E-state index in [0.29, 0.717) is 18.0 Å². The first-order valence-corrected chi connectivity index (χ1v) is 7.50. The van der Waals surface area contributed by atoms with E-state index in [2.05, 4.69) is 17.3 Å². The molecule has 2 heterocycles. The van der Waals surface area contributed by atoms with Gasteiger partial charge in [-0.25, -0.2) is 4.52 Å². The van der Waals surface area contributed by atoms with Gasteiger partial charge in [0.2, 0.25) is 0 Å². The molecule has 0 bridgehead atoms. The lowest BCUT2D eigenvalue weighted by Crippen LogP contribution is -2.45. The van der Waals surface area contributed by atoms with Crippen LogP contribution >= 0.6 is 0 Å². The summed E-state index contributed by atoms with van der Waals surface area (Å²) in [6.07, 6.45) is 6.92. The number of hydrogen-bond donors (Lipinski definition) is 2. The van der Waals surface area contributed by atoms with Crippen molar-refractivity contribution in [3.05, 3.63) is 36.2 Å². The van der Waals surface area contributed by atoms with Gasteiger partial charge < -0.3 is 10.4 Å². The molecule has 2 aromatic rings. The zero-order valence-corrected chi connectivity index (χ0v) is 12.2. The van der Waals surface area contributed by atoms with Crippen LogP contribution in [-0.2, 0) is 0 Å². The largest absolute Gasteiger partial charge is 0.388 e. The maximum atomic E-state index is 12.3. The van der Waals surface area contributed by atoms with Crippen LogP contribution in [0.3, 0.4) is 0 Å². The second-order valence-electron chi connectivity index (χ2n) is 6.18. The van der Waals surface area contributed by atoms with Crippen LogP contribution in [0, 0.1) is 5.92 Å². The predicted molar refractivity (Wildman–Crippen MR) is 80.1 cm³/mol. The first kappa shape index (κ1) is 14.1. The fourth-order valence-corrected chi connectivity index (χ4v) is 2.93. The molecule has 1 saturated carbocycles. The maximum Gasteiger partial charge on any atom is 0.255 e. The van der Waals surface area contributed by atoms with Gasteiger partial charge in [0.15, 0.2) is 0 Å². The number of nitrogens with zero attached hydrogens (tertiary/aromatic N) is 2. The summed E-state index contributed by atoms with van der Waals surface area (Å²) in [5.41, 5.74) is 0.563. The van der Waals surface area contributed by atoms with Gasteiger partial charge in [0.25, 0.3) is 5.91 Å². The van der Waals surface area contributed by atoms with Crippen LogP contribution in [0.15, 0.2) is 30.6 Å². The molecule has 0 spiro atoms. The molecule has 0 atom stereocenters. The number of hydrogen-bond acceptors (Lipinski definition) is 3. The van der Waals surface area contributed by atoms with Crippen molar-refractivity contribution in [1.29, 1.82) is 0 Å². The molecule has 1 fully saturated rings. The third-order valence-corrected chi connectivity index (χ3v) is 4.45. The van der Waals surface area contributed by atoms with E-state index in [-0.39, 0.29) is 5.91 Å². The minimum atomic E-state index is -0.759. The summed E-state index contributed by atoms with van der Waals surface area (Å²) < 4.78 is 1.67. The number of pyridine rings is 1. The Morgan fingerprint density at radius 2 is 2.24 bits per heavy atom. The summed E-state index contributed by atoms with van der Waals surface area (Å²) in [6.45, 7) is 2.51. The summed E-state index contributed by atoms with van der Waals surface area (Å²) in [5.74, 6) is 0.490. The van der Waals surface area contributed by atoms with Gasteiger partial charge in [0.05, 0.1) is 22.9 Å². The number of rotatable bonds is 3. The minimum Gasteiger partial charge on any atom is -0.388 e. The van der Waals surface area contributed by atoms with Crippen molar-refractivity contribution in [3.63, 3.8) is 0 Å². The SMILES string of the molecule is CC1CCC(O)(CNC(=O)c2cnn3ccccc23)CC1. The third-order valence-electron chi connectivity index (χ3n) is 4.45. The van der Waals surface area contributed by atoms with Crippen LogP contribution in [-0.4, -0.2) is 32.8 Å². The molecule has 5 nitrogen and oxygen atoms in total. The summed E-state index contributed by atoms with van der Waals surface area (Å²) in [5, 5.41) is 17.5. The van der Waals surface area contributed by atoms with Crippen molar-refractivity contribution < 1.29 is 9.90 Å². The van der Waals surface area contributed by atoms with Crippen LogP contribution in [0.2, 0.25) is 0 Å². The average Bonchev–Trinajstić information content (AvgIpc) is 2.92. The zero-order chi connectivity index (χ0) is 14.9. The smallest absolute Gasteiger partial charge is 0.255 e. The highest BCUT2D eigenvalue weighted by atomic mass is 16.3. The molecular weight excluding hydrogens is 266 g/mol. The molecule has 112 valence electrons. The second kappa shape index (κ2) is 5.48. The molecule has 3 rings (SSSR count). The van der Waals surface area contributed by atoms with E-state index >= 15 is 0 Å². The van der Waals surface area contributed by atoms with Gasteiger partial charge in [0, 0.05) is 12.7 Å². The lowest BCUT2D eigenvalue weighted by molar-refractivity contribution is -0.00538. The summed E-state index contributed by atoms with van der Waals surface area (Å²) in [7, 11) is 0. The van der Waals surface area contributed by atoms with E-state index in [1.807, 2.05) is 24.4 Å². The van der Waals surface area contributed by atoms with E-state index in [4.69, 9.17) is 0 Å². The summed E-state index contributed by atoms with van der Waals surface area (Å²) >= 11 is 0. The second-order valence-corrected chi connectivity index (χ2v) is 6.18. The fraction of sp³-hybridized carbons (Fsp3) is 0.500. The van der Waals surface area contributed by atoms with E-state index in [1.165, 1.54) is 0 Å². The van der Waals surface area contributed by atoms with Crippen LogP contribution in [0.5, 0.6) is 0 Å². The molecule has 0 radical (unpaired) electrons. The van der Waals surface area contributed by atoms with E-state index < -0.39 is 5.60 Å². The van der Waals surface area contributed by atoms with Gasteiger partial charge in [0.1, 0.15) is 0 Å². The van der Waals surface area contributed by atoms with Crippen LogP contribution in [0.4, 0.5) is 0 Å². The Hall–Kier alpha value is -1.88. The Morgan fingerprint density at radius 3 is 3.00 bits per heavy atom. The molecule has 2 N–H and O–H groups in total. The summed E-state index contributed by atoms with van der Waals surface area (Å²) in [4.78, 5) is 12.3. The van der Waals surface area contributed by atoms with Crippen molar-refractivity contribution in [1.82, 2.24) is 14.9 Å². The Labute approximate surface area is 124 Å². The van der Waals surface area contributed by atoms with Crippen molar-refractivity contribution in [2.75, 3.05) is 6.54 Å². The standard InChI is InChI=1S/C16H21N3O2/c1-12-5-7-16(21,8-6-12)11-17-15(20)13-10-18-19-9-3-2-4-14(13)19/h2-4,9-10,12,21H,5-8,11H2,1H3,(H,17,20). The first-order chi connectivity index (χ1) is 10.1. The highest BCUT2D eigenvalue weighted by Gasteiger charge is 2.32. The molecule has 1 aliphatic rings. The van der Waals surface area contributed by atoms with E-state index in [9.17, 15) is 9.90 Å². The van der Waals surface area contributed by atoms with Gasteiger partial charge in [-0.1, -0.05) is 13.0 Å². The number of aromatic nitrogens is 2. The van der Waals surface area contributed by atoms with Crippen LogP contribution in [0.1, 0.15) is 43.0 Å². The van der Waals surface area contributed by atoms with Gasteiger partial charge in [-0.15, -0.1) is 0 Å². The number of fused-ring (bicyclic) bond motifs is 1. The topological polar surface area (TPSA) is 66.6 Å². The van der Waals surface area contributed by atoms with Gasteiger partial charge in [-0.2, -0.15) is 5.10 Å². The van der Waals surface area contributed by atoms with Crippen LogP contribution < -0.4 is 5.32 Å². The Balaban J connectivity index is 1.67.